The first-order valence-electron chi connectivity index (χ1n) is 5.97. The molecule has 0 radical (unpaired) electrons. The van der Waals surface area contributed by atoms with Gasteiger partial charge >= 0.3 is 5.97 Å². The van der Waals surface area contributed by atoms with E-state index in [9.17, 15) is 4.79 Å². The predicted molar refractivity (Wildman–Crippen MR) is 62.9 cm³/mol. The minimum Gasteiger partial charge on any atom is -0.466 e. The van der Waals surface area contributed by atoms with E-state index in [1.54, 1.807) is 0 Å². The fourth-order valence-electron chi connectivity index (χ4n) is 1.31. The van der Waals surface area contributed by atoms with Crippen LogP contribution in [0.25, 0.3) is 0 Å². The maximum Gasteiger partial charge on any atom is 0.305 e. The zero-order valence-electron chi connectivity index (χ0n) is 10.4. The van der Waals surface area contributed by atoms with Gasteiger partial charge in [-0.3, -0.25) is 4.79 Å². The normalized spacial score (nSPS) is 10.7. The molecule has 3 nitrogen and oxygen atoms in total. The summed E-state index contributed by atoms with van der Waals surface area (Å²) in [6.07, 6.45) is 5.88. The van der Waals surface area contributed by atoms with Crippen molar-refractivity contribution in [2.45, 2.75) is 45.4 Å². The van der Waals surface area contributed by atoms with Crippen molar-refractivity contribution < 1.29 is 9.53 Å². The third-order valence-corrected chi connectivity index (χ3v) is 2.25. The van der Waals surface area contributed by atoms with Crippen molar-refractivity contribution in [1.82, 2.24) is 4.90 Å². The Kier molecular flexibility index (Phi) is 9.59. The van der Waals surface area contributed by atoms with Crippen LogP contribution in [-0.2, 0) is 9.53 Å². The number of carbonyl (C=O) groups excluding carboxylic acids is 1. The molecule has 0 bridgehead atoms. The number of carbonyl (C=O) groups is 1. The second-order valence-electron chi connectivity index (χ2n) is 4.19. The van der Waals surface area contributed by atoms with Crippen LogP contribution in [-0.4, -0.2) is 38.1 Å². The molecule has 0 heterocycles. The summed E-state index contributed by atoms with van der Waals surface area (Å²) in [5.41, 5.74) is 0. The predicted octanol–water partition coefficient (Wildman–Crippen LogP) is 2.45. The van der Waals surface area contributed by atoms with Crippen molar-refractivity contribution in [2.75, 3.05) is 27.2 Å². The lowest BCUT2D eigenvalue weighted by Gasteiger charge is -2.09. The van der Waals surface area contributed by atoms with Gasteiger partial charge in [0.15, 0.2) is 0 Å². The summed E-state index contributed by atoms with van der Waals surface area (Å²) in [4.78, 5) is 13.3. The van der Waals surface area contributed by atoms with E-state index in [1.165, 1.54) is 0 Å². The Hall–Kier alpha value is -0.570. The van der Waals surface area contributed by atoms with Crippen LogP contribution in [0.3, 0.4) is 0 Å². The minimum atomic E-state index is -0.0340. The first kappa shape index (κ1) is 14.4. The van der Waals surface area contributed by atoms with E-state index < -0.39 is 0 Å². The Labute approximate surface area is 93.8 Å². The van der Waals surface area contributed by atoms with Crippen molar-refractivity contribution in [3.8, 4) is 0 Å². The van der Waals surface area contributed by atoms with Gasteiger partial charge in [-0.15, -0.1) is 0 Å². The number of unbranched alkanes of at least 4 members (excludes halogenated alkanes) is 3. The summed E-state index contributed by atoms with van der Waals surface area (Å²) >= 11 is 0. The minimum absolute atomic E-state index is 0.0340. The molecule has 0 amide bonds. The third-order valence-electron chi connectivity index (χ3n) is 2.25. The smallest absolute Gasteiger partial charge is 0.305 e. The second kappa shape index (κ2) is 9.97. The monoisotopic (exact) mass is 215 g/mol. The summed E-state index contributed by atoms with van der Waals surface area (Å²) in [7, 11) is 4.10. The highest BCUT2D eigenvalue weighted by atomic mass is 16.5. The van der Waals surface area contributed by atoms with Crippen LogP contribution in [0.5, 0.6) is 0 Å². The molecule has 3 heteroatoms. The Bertz CT molecular complexity index is 158. The fourth-order valence-corrected chi connectivity index (χ4v) is 1.31. The van der Waals surface area contributed by atoms with Gasteiger partial charge in [0.25, 0.3) is 0 Å². The average molecular weight is 215 g/mol. The summed E-state index contributed by atoms with van der Waals surface area (Å²) in [6.45, 7) is 3.78. The Morgan fingerprint density at radius 1 is 1.13 bits per heavy atom. The van der Waals surface area contributed by atoms with Gasteiger partial charge in [-0.05, 0) is 39.9 Å². The van der Waals surface area contributed by atoms with Crippen LogP contribution in [0.2, 0.25) is 0 Å². The van der Waals surface area contributed by atoms with Crippen molar-refractivity contribution in [2.24, 2.45) is 0 Å². The molecule has 0 atom stereocenters. The van der Waals surface area contributed by atoms with Crippen LogP contribution >= 0.6 is 0 Å². The lowest BCUT2D eigenvalue weighted by atomic mass is 10.2. The highest BCUT2D eigenvalue weighted by Gasteiger charge is 2.01. The topological polar surface area (TPSA) is 29.5 Å². The largest absolute Gasteiger partial charge is 0.466 e. The Balaban J connectivity index is 3.17. The number of rotatable bonds is 9. The fraction of sp³-hybridized carbons (Fsp3) is 0.917. The van der Waals surface area contributed by atoms with E-state index in [0.717, 1.165) is 38.6 Å². The van der Waals surface area contributed by atoms with Gasteiger partial charge in [0, 0.05) is 6.42 Å². The molecule has 0 aliphatic rings. The van der Waals surface area contributed by atoms with Crippen molar-refractivity contribution >= 4 is 5.97 Å². The molecule has 0 aromatic heterocycles. The second-order valence-corrected chi connectivity index (χ2v) is 4.19. The van der Waals surface area contributed by atoms with E-state index in [2.05, 4.69) is 25.9 Å². The summed E-state index contributed by atoms with van der Waals surface area (Å²) in [5, 5.41) is 0. The molecule has 0 unspecified atom stereocenters. The Morgan fingerprint density at radius 3 is 2.47 bits per heavy atom. The highest BCUT2D eigenvalue weighted by Crippen LogP contribution is 2.01. The molecule has 0 saturated carbocycles. The Morgan fingerprint density at radius 2 is 1.87 bits per heavy atom. The third kappa shape index (κ3) is 11.4. The molecule has 0 rings (SSSR count). The molecule has 15 heavy (non-hydrogen) atoms. The maximum atomic E-state index is 11.2. The molecule has 0 aromatic rings. The molecule has 0 spiro atoms. The number of ether oxygens (including phenoxy) is 1. The van der Waals surface area contributed by atoms with Gasteiger partial charge in [-0.25, -0.2) is 0 Å². The molecule has 90 valence electrons. The van der Waals surface area contributed by atoms with Gasteiger partial charge in [0.05, 0.1) is 6.61 Å². The molecule has 0 N–H and O–H groups in total. The van der Waals surface area contributed by atoms with Gasteiger partial charge in [0.1, 0.15) is 0 Å². The van der Waals surface area contributed by atoms with Crippen LogP contribution in [0.1, 0.15) is 45.4 Å². The van der Waals surface area contributed by atoms with Crippen molar-refractivity contribution in [1.29, 1.82) is 0 Å². The molecule has 0 aliphatic carbocycles. The van der Waals surface area contributed by atoms with E-state index in [4.69, 9.17) is 4.74 Å². The van der Waals surface area contributed by atoms with Crippen LogP contribution in [0, 0.1) is 0 Å². The molecule has 0 aliphatic heterocycles. The van der Waals surface area contributed by atoms with Gasteiger partial charge in [-0.1, -0.05) is 19.8 Å². The van der Waals surface area contributed by atoms with Gasteiger partial charge in [0.2, 0.25) is 0 Å². The van der Waals surface area contributed by atoms with E-state index in [0.29, 0.717) is 13.0 Å². The van der Waals surface area contributed by atoms with E-state index >= 15 is 0 Å². The van der Waals surface area contributed by atoms with Crippen molar-refractivity contribution in [3.63, 3.8) is 0 Å². The van der Waals surface area contributed by atoms with Crippen molar-refractivity contribution in [3.05, 3.63) is 0 Å². The summed E-state index contributed by atoms with van der Waals surface area (Å²) in [5.74, 6) is -0.0340. The molecule has 0 aromatic carbocycles. The van der Waals surface area contributed by atoms with E-state index in [1.807, 2.05) is 0 Å². The van der Waals surface area contributed by atoms with Crippen LogP contribution < -0.4 is 0 Å². The standard InChI is InChI=1S/C12H25NO2/c1-4-5-6-9-12(14)15-11-8-7-10-13(2)3/h4-11H2,1-3H3. The lowest BCUT2D eigenvalue weighted by Crippen LogP contribution is -2.14. The van der Waals surface area contributed by atoms with Crippen LogP contribution in [0.4, 0.5) is 0 Å². The first-order chi connectivity index (χ1) is 7.16. The average Bonchev–Trinajstić information content (AvgIpc) is 2.17. The highest BCUT2D eigenvalue weighted by molar-refractivity contribution is 5.69. The van der Waals surface area contributed by atoms with Gasteiger partial charge in [-0.2, -0.15) is 0 Å². The van der Waals surface area contributed by atoms with E-state index in [-0.39, 0.29) is 5.97 Å². The summed E-state index contributed by atoms with van der Waals surface area (Å²) < 4.78 is 5.11. The molecule has 0 saturated heterocycles. The SMILES string of the molecule is CCCCCC(=O)OCCCCN(C)C. The number of hydrogen-bond donors (Lipinski definition) is 0. The first-order valence-corrected chi connectivity index (χ1v) is 5.97. The number of nitrogens with zero attached hydrogens (tertiary/aromatic N) is 1. The molecule has 0 fully saturated rings. The number of esters is 1. The molecular weight excluding hydrogens is 190 g/mol. The lowest BCUT2D eigenvalue weighted by molar-refractivity contribution is -0.143. The van der Waals surface area contributed by atoms with Crippen LogP contribution in [0.15, 0.2) is 0 Å². The maximum absolute atomic E-state index is 11.2. The van der Waals surface area contributed by atoms with Gasteiger partial charge < -0.3 is 9.64 Å². The summed E-state index contributed by atoms with van der Waals surface area (Å²) in [6, 6.07) is 0. The quantitative estimate of drug-likeness (QED) is 0.437. The zero-order chi connectivity index (χ0) is 11.5. The molecular formula is C12H25NO2. The zero-order valence-corrected chi connectivity index (χ0v) is 10.4. The number of hydrogen-bond acceptors (Lipinski definition) is 3.